The second-order valence-corrected chi connectivity index (χ2v) is 10.2. The Morgan fingerprint density at radius 3 is 2.60 bits per heavy atom. The van der Waals surface area contributed by atoms with Crippen LogP contribution in [0.3, 0.4) is 0 Å². The number of nitrogens with zero attached hydrogens (tertiary/aromatic N) is 4. The number of carbonyl (C=O) groups excluding carboxylic acids is 1. The minimum atomic E-state index is 0.252. The first-order valence-corrected chi connectivity index (χ1v) is 13.1. The highest BCUT2D eigenvalue weighted by Gasteiger charge is 2.23. The average Bonchev–Trinajstić information content (AvgIpc) is 3.27. The summed E-state index contributed by atoms with van der Waals surface area (Å²) in [5.41, 5.74) is 3.63. The lowest BCUT2D eigenvalue weighted by atomic mass is 9.96. The summed E-state index contributed by atoms with van der Waals surface area (Å²) >= 11 is 10.0. The number of hydrogen-bond donors (Lipinski definition) is 1. The van der Waals surface area contributed by atoms with Crippen molar-refractivity contribution in [3.63, 3.8) is 0 Å². The molecule has 180 valence electrons. The van der Waals surface area contributed by atoms with Crippen molar-refractivity contribution in [1.29, 1.82) is 0 Å². The van der Waals surface area contributed by atoms with Crippen LogP contribution in [0.5, 0.6) is 0 Å². The first kappa shape index (κ1) is 23.8. The molecule has 2 aromatic heterocycles. The number of hydrogen-bond acceptors (Lipinski definition) is 4. The molecule has 1 fully saturated rings. The topological polar surface area (TPSA) is 62.5 Å². The Bertz CT molecular complexity index is 1320. The molecule has 3 heterocycles. The molecule has 0 unspecified atom stereocenters. The number of piperidine rings is 1. The predicted molar refractivity (Wildman–Crippen MR) is 144 cm³/mol. The van der Waals surface area contributed by atoms with Crippen molar-refractivity contribution in [3.8, 4) is 11.3 Å². The third kappa shape index (κ3) is 5.52. The van der Waals surface area contributed by atoms with Crippen LogP contribution in [0.1, 0.15) is 24.8 Å². The molecule has 0 spiro atoms. The number of carbonyl (C=O) groups is 1. The van der Waals surface area contributed by atoms with E-state index >= 15 is 0 Å². The van der Waals surface area contributed by atoms with Crippen molar-refractivity contribution in [3.05, 3.63) is 81.9 Å². The zero-order valence-corrected chi connectivity index (χ0v) is 21.7. The summed E-state index contributed by atoms with van der Waals surface area (Å²) in [6.07, 6.45) is 5.09. The second-order valence-electron chi connectivity index (χ2n) is 8.93. The zero-order valence-electron chi connectivity index (χ0n) is 19.3. The summed E-state index contributed by atoms with van der Waals surface area (Å²) in [5.74, 6) is 1.61. The van der Waals surface area contributed by atoms with E-state index < -0.39 is 0 Å². The van der Waals surface area contributed by atoms with Gasteiger partial charge in [-0.05, 0) is 52.7 Å². The Morgan fingerprint density at radius 1 is 1.09 bits per heavy atom. The molecular formula is C27H27BrClN5O. The Morgan fingerprint density at radius 2 is 1.83 bits per heavy atom. The fourth-order valence-corrected chi connectivity index (χ4v) is 5.14. The summed E-state index contributed by atoms with van der Waals surface area (Å²) in [7, 11) is 0. The quantitative estimate of drug-likeness (QED) is 0.301. The monoisotopic (exact) mass is 551 g/mol. The van der Waals surface area contributed by atoms with Crippen LogP contribution in [-0.2, 0) is 11.2 Å². The van der Waals surface area contributed by atoms with Crippen molar-refractivity contribution in [2.75, 3.05) is 25.0 Å². The molecule has 1 aliphatic rings. The lowest BCUT2D eigenvalue weighted by Gasteiger charge is -2.32. The highest BCUT2D eigenvalue weighted by molar-refractivity contribution is 9.10. The minimum Gasteiger partial charge on any atom is -0.370 e. The van der Waals surface area contributed by atoms with Gasteiger partial charge in [0.2, 0.25) is 5.91 Å². The molecule has 8 heteroatoms. The van der Waals surface area contributed by atoms with Crippen LogP contribution < -0.4 is 5.32 Å². The standard InChI is InChI=1S/C27H27BrClN5O/c28-22-18-31-34-25(16-24(32-27(22)34)21-8-4-5-9-23(21)29)30-17-20-12-14-33(15-13-20)26(35)11-10-19-6-2-1-3-7-19/h1-9,16,18,20,30H,10-15,17H2. The molecule has 1 saturated heterocycles. The van der Waals surface area contributed by atoms with Crippen molar-refractivity contribution in [1.82, 2.24) is 19.5 Å². The number of rotatable bonds is 7. The van der Waals surface area contributed by atoms with E-state index in [0.29, 0.717) is 17.4 Å². The van der Waals surface area contributed by atoms with Gasteiger partial charge in [0, 0.05) is 42.7 Å². The highest BCUT2D eigenvalue weighted by Crippen LogP contribution is 2.30. The highest BCUT2D eigenvalue weighted by atomic mass is 79.9. The summed E-state index contributed by atoms with van der Waals surface area (Å²) in [6.45, 7) is 2.43. The smallest absolute Gasteiger partial charge is 0.222 e. The maximum atomic E-state index is 12.7. The number of nitrogens with one attached hydrogen (secondary N) is 1. The van der Waals surface area contributed by atoms with Gasteiger partial charge in [-0.15, -0.1) is 0 Å². The lowest BCUT2D eigenvalue weighted by molar-refractivity contribution is -0.132. The van der Waals surface area contributed by atoms with Crippen LogP contribution >= 0.6 is 27.5 Å². The van der Waals surface area contributed by atoms with E-state index in [9.17, 15) is 4.79 Å². The van der Waals surface area contributed by atoms with Crippen LogP contribution in [0.2, 0.25) is 5.02 Å². The summed E-state index contributed by atoms with van der Waals surface area (Å²) in [5, 5.41) is 8.73. The Hall–Kier alpha value is -2.90. The molecule has 2 aromatic carbocycles. The van der Waals surface area contributed by atoms with Gasteiger partial charge in [-0.1, -0.05) is 60.1 Å². The van der Waals surface area contributed by atoms with E-state index in [2.05, 4.69) is 38.5 Å². The number of aryl methyl sites for hydroxylation is 1. The molecule has 0 radical (unpaired) electrons. The lowest BCUT2D eigenvalue weighted by Crippen LogP contribution is -2.40. The molecule has 0 atom stereocenters. The molecule has 6 nitrogen and oxygen atoms in total. The normalized spacial score (nSPS) is 14.4. The maximum Gasteiger partial charge on any atom is 0.222 e. The van der Waals surface area contributed by atoms with Gasteiger partial charge in [0.05, 0.1) is 16.4 Å². The third-order valence-corrected chi connectivity index (χ3v) is 7.48. The number of benzene rings is 2. The largest absolute Gasteiger partial charge is 0.370 e. The summed E-state index contributed by atoms with van der Waals surface area (Å²) in [6, 6.07) is 19.9. The van der Waals surface area contributed by atoms with Gasteiger partial charge in [0.25, 0.3) is 0 Å². The number of likely N-dealkylation sites (tertiary alicyclic amines) is 1. The fraction of sp³-hybridized carbons (Fsp3) is 0.296. The first-order valence-electron chi connectivity index (χ1n) is 11.9. The van der Waals surface area contributed by atoms with E-state index in [1.165, 1.54) is 5.56 Å². The van der Waals surface area contributed by atoms with Gasteiger partial charge in [-0.2, -0.15) is 9.61 Å². The molecule has 5 rings (SSSR count). The van der Waals surface area contributed by atoms with Gasteiger partial charge in [-0.25, -0.2) is 4.98 Å². The molecule has 0 bridgehead atoms. The van der Waals surface area contributed by atoms with Crippen LogP contribution in [-0.4, -0.2) is 45.0 Å². The van der Waals surface area contributed by atoms with Crippen molar-refractivity contribution < 1.29 is 4.79 Å². The van der Waals surface area contributed by atoms with E-state index in [0.717, 1.165) is 66.1 Å². The van der Waals surface area contributed by atoms with E-state index in [4.69, 9.17) is 16.6 Å². The Labute approximate surface area is 218 Å². The molecule has 1 amide bonds. The third-order valence-electron chi connectivity index (χ3n) is 6.59. The molecule has 1 N–H and O–H groups in total. The van der Waals surface area contributed by atoms with Crippen molar-refractivity contribution >= 4 is 44.9 Å². The summed E-state index contributed by atoms with van der Waals surface area (Å²) < 4.78 is 2.64. The van der Waals surface area contributed by atoms with E-state index in [1.54, 1.807) is 6.20 Å². The molecule has 4 aromatic rings. The molecule has 0 saturated carbocycles. The van der Waals surface area contributed by atoms with Crippen LogP contribution in [0, 0.1) is 5.92 Å². The van der Waals surface area contributed by atoms with E-state index in [-0.39, 0.29) is 5.91 Å². The predicted octanol–water partition coefficient (Wildman–Crippen LogP) is 6.10. The van der Waals surface area contributed by atoms with Crippen LogP contribution in [0.25, 0.3) is 16.9 Å². The fourth-order valence-electron chi connectivity index (χ4n) is 4.56. The second kappa shape index (κ2) is 10.8. The molecule has 1 aliphatic heterocycles. The first-order chi connectivity index (χ1) is 17.1. The minimum absolute atomic E-state index is 0.252. The van der Waals surface area contributed by atoms with Crippen molar-refractivity contribution in [2.24, 2.45) is 5.92 Å². The van der Waals surface area contributed by atoms with Gasteiger partial charge >= 0.3 is 0 Å². The van der Waals surface area contributed by atoms with Crippen molar-refractivity contribution in [2.45, 2.75) is 25.7 Å². The number of halogens is 2. The molecule has 35 heavy (non-hydrogen) atoms. The zero-order chi connectivity index (χ0) is 24.2. The maximum absolute atomic E-state index is 12.7. The van der Waals surface area contributed by atoms with Crippen LogP contribution in [0.15, 0.2) is 71.3 Å². The van der Waals surface area contributed by atoms with Crippen LogP contribution in [0.4, 0.5) is 5.82 Å². The molecular weight excluding hydrogens is 526 g/mol. The van der Waals surface area contributed by atoms with E-state index in [1.807, 2.05) is 57.9 Å². The number of aromatic nitrogens is 3. The van der Waals surface area contributed by atoms with Gasteiger partial charge < -0.3 is 10.2 Å². The van der Waals surface area contributed by atoms with Gasteiger partial charge in [0.15, 0.2) is 5.65 Å². The summed E-state index contributed by atoms with van der Waals surface area (Å²) in [4.78, 5) is 19.5. The number of anilines is 1. The average molecular weight is 553 g/mol. The number of fused-ring (bicyclic) bond motifs is 1. The Kier molecular flexibility index (Phi) is 7.35. The SMILES string of the molecule is O=C(CCc1ccccc1)N1CCC(CNc2cc(-c3ccccc3Cl)nc3c(Br)cnn23)CC1. The van der Waals surface area contributed by atoms with Gasteiger partial charge in [-0.3, -0.25) is 4.79 Å². The molecule has 0 aliphatic carbocycles. The van der Waals surface area contributed by atoms with Gasteiger partial charge in [0.1, 0.15) is 5.82 Å². The number of amides is 1. The Balaban J connectivity index is 1.21.